The maximum Gasteiger partial charge on any atom is 0.228 e. The molecular formula is C21H21NO4. The van der Waals surface area contributed by atoms with Crippen LogP contribution in [0.3, 0.4) is 0 Å². The first kappa shape index (κ1) is 16.5. The zero-order valence-electron chi connectivity index (χ0n) is 15.1. The van der Waals surface area contributed by atoms with E-state index in [-0.39, 0.29) is 12.3 Å². The van der Waals surface area contributed by atoms with E-state index in [1.807, 2.05) is 26.0 Å². The Balaban J connectivity index is 1.56. The maximum atomic E-state index is 12.5. The fourth-order valence-corrected chi connectivity index (χ4v) is 3.42. The number of nitrogens with one attached hydrogen (secondary N) is 1. The predicted octanol–water partition coefficient (Wildman–Crippen LogP) is 4.31. The van der Waals surface area contributed by atoms with Gasteiger partial charge in [-0.15, -0.1) is 0 Å². The van der Waals surface area contributed by atoms with Gasteiger partial charge in [-0.2, -0.15) is 0 Å². The van der Waals surface area contributed by atoms with E-state index < -0.39 is 0 Å². The van der Waals surface area contributed by atoms with Crippen LogP contribution in [0.15, 0.2) is 34.9 Å². The number of carbonyl (C=O) groups is 1. The molecule has 0 atom stereocenters. The van der Waals surface area contributed by atoms with E-state index in [1.165, 1.54) is 5.56 Å². The zero-order chi connectivity index (χ0) is 18.3. The number of rotatable bonds is 3. The molecule has 1 amide bonds. The molecule has 2 aromatic carbocycles. The first-order valence-corrected chi connectivity index (χ1v) is 8.69. The lowest BCUT2D eigenvalue weighted by Gasteiger charge is -2.19. The molecule has 1 aliphatic rings. The lowest BCUT2D eigenvalue weighted by atomic mass is 9.99. The highest BCUT2D eigenvalue weighted by Crippen LogP contribution is 2.33. The number of ether oxygens (including phenoxy) is 2. The summed E-state index contributed by atoms with van der Waals surface area (Å²) in [6.07, 6.45) is 1.94. The van der Waals surface area contributed by atoms with Crippen LogP contribution in [0.4, 0.5) is 5.69 Å². The van der Waals surface area contributed by atoms with Crippen molar-refractivity contribution in [3.05, 3.63) is 52.8 Å². The summed E-state index contributed by atoms with van der Waals surface area (Å²) in [5.41, 5.74) is 5.88. The van der Waals surface area contributed by atoms with Crippen LogP contribution in [-0.2, 0) is 11.2 Å². The van der Waals surface area contributed by atoms with Crippen LogP contribution in [0.25, 0.3) is 11.0 Å². The first-order valence-electron chi connectivity index (χ1n) is 8.69. The molecule has 0 saturated heterocycles. The molecular weight excluding hydrogens is 330 g/mol. The van der Waals surface area contributed by atoms with Crippen LogP contribution in [0.2, 0.25) is 0 Å². The SMILES string of the molecule is Cc1cc(C)c2c(CC(=O)Nc3ccc4c(c3)OCCO4)coc2c1C. The van der Waals surface area contributed by atoms with Gasteiger partial charge in [0.25, 0.3) is 0 Å². The summed E-state index contributed by atoms with van der Waals surface area (Å²) in [6, 6.07) is 7.55. The summed E-state index contributed by atoms with van der Waals surface area (Å²) in [6.45, 7) is 7.22. The van der Waals surface area contributed by atoms with E-state index in [2.05, 4.69) is 18.3 Å². The standard InChI is InChI=1S/C21H21NO4/c1-12-8-13(2)20-15(11-26-21(20)14(12)3)9-19(23)22-16-4-5-17-18(10-16)25-7-6-24-17/h4-5,8,10-11H,6-7,9H2,1-3H3,(H,22,23). The maximum absolute atomic E-state index is 12.5. The summed E-state index contributed by atoms with van der Waals surface area (Å²) < 4.78 is 16.8. The van der Waals surface area contributed by atoms with Gasteiger partial charge < -0.3 is 19.2 Å². The summed E-state index contributed by atoms with van der Waals surface area (Å²) in [4.78, 5) is 12.5. The molecule has 134 valence electrons. The van der Waals surface area contributed by atoms with E-state index in [9.17, 15) is 4.79 Å². The third kappa shape index (κ3) is 2.90. The Hall–Kier alpha value is -2.95. The van der Waals surface area contributed by atoms with Crippen molar-refractivity contribution in [3.63, 3.8) is 0 Å². The summed E-state index contributed by atoms with van der Waals surface area (Å²) >= 11 is 0. The number of amides is 1. The second kappa shape index (κ2) is 6.41. The van der Waals surface area contributed by atoms with Gasteiger partial charge in [-0.05, 0) is 49.6 Å². The average molecular weight is 351 g/mol. The van der Waals surface area contributed by atoms with Gasteiger partial charge in [-0.25, -0.2) is 0 Å². The zero-order valence-corrected chi connectivity index (χ0v) is 15.1. The number of anilines is 1. The minimum atomic E-state index is -0.0954. The van der Waals surface area contributed by atoms with Crippen molar-refractivity contribution in [2.75, 3.05) is 18.5 Å². The smallest absolute Gasteiger partial charge is 0.228 e. The van der Waals surface area contributed by atoms with Crippen LogP contribution in [0, 0.1) is 20.8 Å². The molecule has 0 saturated carbocycles. The lowest BCUT2D eigenvalue weighted by molar-refractivity contribution is -0.115. The number of fused-ring (bicyclic) bond motifs is 2. The van der Waals surface area contributed by atoms with Gasteiger partial charge in [0, 0.05) is 22.7 Å². The van der Waals surface area contributed by atoms with E-state index in [0.717, 1.165) is 27.7 Å². The predicted molar refractivity (Wildman–Crippen MR) is 100 cm³/mol. The van der Waals surface area contributed by atoms with Crippen LogP contribution in [-0.4, -0.2) is 19.1 Å². The highest BCUT2D eigenvalue weighted by molar-refractivity contribution is 5.97. The highest BCUT2D eigenvalue weighted by atomic mass is 16.6. The van der Waals surface area contributed by atoms with Crippen molar-refractivity contribution in [1.29, 1.82) is 0 Å². The van der Waals surface area contributed by atoms with E-state index in [0.29, 0.717) is 30.4 Å². The average Bonchev–Trinajstić information content (AvgIpc) is 3.04. The summed E-state index contributed by atoms with van der Waals surface area (Å²) in [7, 11) is 0. The van der Waals surface area contributed by atoms with Crippen LogP contribution in [0.5, 0.6) is 11.5 Å². The van der Waals surface area contributed by atoms with Crippen LogP contribution >= 0.6 is 0 Å². The number of hydrogen-bond acceptors (Lipinski definition) is 4. The van der Waals surface area contributed by atoms with Gasteiger partial charge in [0.2, 0.25) is 5.91 Å². The molecule has 5 heteroatoms. The molecule has 0 bridgehead atoms. The molecule has 26 heavy (non-hydrogen) atoms. The summed E-state index contributed by atoms with van der Waals surface area (Å²) in [5, 5.41) is 3.96. The topological polar surface area (TPSA) is 60.7 Å². The number of aryl methyl sites for hydroxylation is 3. The molecule has 2 heterocycles. The van der Waals surface area contributed by atoms with E-state index in [1.54, 1.807) is 12.3 Å². The fourth-order valence-electron chi connectivity index (χ4n) is 3.42. The molecule has 0 unspecified atom stereocenters. The lowest BCUT2D eigenvalue weighted by Crippen LogP contribution is -2.17. The first-order chi connectivity index (χ1) is 12.5. The van der Waals surface area contributed by atoms with Crippen molar-refractivity contribution in [2.24, 2.45) is 0 Å². The van der Waals surface area contributed by atoms with Crippen molar-refractivity contribution in [1.82, 2.24) is 0 Å². The van der Waals surface area contributed by atoms with Gasteiger partial charge in [0.15, 0.2) is 11.5 Å². The Morgan fingerprint density at radius 3 is 2.62 bits per heavy atom. The quantitative estimate of drug-likeness (QED) is 0.764. The highest BCUT2D eigenvalue weighted by Gasteiger charge is 2.17. The van der Waals surface area contributed by atoms with Gasteiger partial charge in [-0.1, -0.05) is 6.07 Å². The number of furan rings is 1. The number of hydrogen-bond donors (Lipinski definition) is 1. The van der Waals surface area contributed by atoms with Crippen molar-refractivity contribution in [2.45, 2.75) is 27.2 Å². The molecule has 1 aromatic heterocycles. The Bertz CT molecular complexity index is 1000. The third-order valence-corrected chi connectivity index (χ3v) is 4.80. The Kier molecular flexibility index (Phi) is 4.07. The minimum absolute atomic E-state index is 0.0954. The van der Waals surface area contributed by atoms with Gasteiger partial charge in [-0.3, -0.25) is 4.79 Å². The van der Waals surface area contributed by atoms with Gasteiger partial charge in [0.1, 0.15) is 18.8 Å². The minimum Gasteiger partial charge on any atom is -0.486 e. The second-order valence-corrected chi connectivity index (χ2v) is 6.68. The molecule has 1 aliphatic heterocycles. The molecule has 0 fully saturated rings. The van der Waals surface area contributed by atoms with Crippen molar-refractivity contribution >= 4 is 22.6 Å². The molecule has 0 aliphatic carbocycles. The molecule has 1 N–H and O–H groups in total. The Labute approximate surface area is 151 Å². The van der Waals surface area contributed by atoms with Crippen molar-refractivity contribution in [3.8, 4) is 11.5 Å². The number of benzene rings is 2. The van der Waals surface area contributed by atoms with Gasteiger partial charge >= 0.3 is 0 Å². The molecule has 3 aromatic rings. The van der Waals surface area contributed by atoms with Crippen LogP contribution < -0.4 is 14.8 Å². The summed E-state index contributed by atoms with van der Waals surface area (Å²) in [5.74, 6) is 1.27. The molecule has 0 radical (unpaired) electrons. The second-order valence-electron chi connectivity index (χ2n) is 6.68. The van der Waals surface area contributed by atoms with E-state index >= 15 is 0 Å². The largest absolute Gasteiger partial charge is 0.486 e. The van der Waals surface area contributed by atoms with E-state index in [4.69, 9.17) is 13.9 Å². The third-order valence-electron chi connectivity index (χ3n) is 4.80. The normalized spacial score (nSPS) is 13.0. The Morgan fingerprint density at radius 1 is 1.04 bits per heavy atom. The monoisotopic (exact) mass is 351 g/mol. The molecule has 5 nitrogen and oxygen atoms in total. The number of carbonyl (C=O) groups excluding carboxylic acids is 1. The fraction of sp³-hybridized carbons (Fsp3) is 0.286. The van der Waals surface area contributed by atoms with Gasteiger partial charge in [0.05, 0.1) is 12.7 Å². The van der Waals surface area contributed by atoms with Crippen LogP contribution in [0.1, 0.15) is 22.3 Å². The Morgan fingerprint density at radius 2 is 1.81 bits per heavy atom. The molecule has 4 rings (SSSR count). The van der Waals surface area contributed by atoms with Crippen molar-refractivity contribution < 1.29 is 18.7 Å². The molecule has 0 spiro atoms.